The van der Waals surface area contributed by atoms with Gasteiger partial charge < -0.3 is 14.8 Å². The monoisotopic (exact) mass is 589 g/mol. The summed E-state index contributed by atoms with van der Waals surface area (Å²) in [5.41, 5.74) is 1.85. The van der Waals surface area contributed by atoms with Crippen molar-refractivity contribution in [3.8, 4) is 22.8 Å². The molecular weight excluding hydrogens is 574 g/mol. The van der Waals surface area contributed by atoms with Gasteiger partial charge in [-0.2, -0.15) is 0 Å². The molecular formula is C26H16Cl2F3N5O4. The van der Waals surface area contributed by atoms with Crippen molar-refractivity contribution in [2.45, 2.75) is 6.36 Å². The van der Waals surface area contributed by atoms with E-state index >= 15 is 0 Å². The van der Waals surface area contributed by atoms with Crippen molar-refractivity contribution < 1.29 is 32.2 Å². The van der Waals surface area contributed by atoms with E-state index in [9.17, 15) is 22.8 Å². The number of anilines is 1. The Morgan fingerprint density at radius 2 is 1.65 bits per heavy atom. The van der Waals surface area contributed by atoms with Crippen LogP contribution in [0, 0.1) is 0 Å². The highest BCUT2D eigenvalue weighted by molar-refractivity contribution is 6.41. The number of ketones is 1. The molecule has 4 aromatic rings. The SMILES string of the molecule is O=C(NC1=C(c2c(Cl)cccc2Cl)C(=O)CO1)Nc1ccc(-c2ncn(-c3ccc(OC(F)(F)F)cc3)n2)cc1. The van der Waals surface area contributed by atoms with Gasteiger partial charge in [-0.3, -0.25) is 10.1 Å². The molecule has 204 valence electrons. The molecule has 0 unspecified atom stereocenters. The molecule has 1 aliphatic heterocycles. The summed E-state index contributed by atoms with van der Waals surface area (Å²) in [4.78, 5) is 29.3. The number of ether oxygens (including phenoxy) is 2. The van der Waals surface area contributed by atoms with Crippen LogP contribution in [0.2, 0.25) is 10.0 Å². The fraction of sp³-hybridized carbons (Fsp3) is 0.0769. The van der Waals surface area contributed by atoms with Gasteiger partial charge in [0.05, 0.1) is 21.3 Å². The molecule has 1 aliphatic rings. The molecule has 0 saturated carbocycles. The van der Waals surface area contributed by atoms with Gasteiger partial charge in [-0.25, -0.2) is 14.5 Å². The van der Waals surface area contributed by atoms with Gasteiger partial charge in [-0.05, 0) is 60.7 Å². The third-order valence-electron chi connectivity index (χ3n) is 5.52. The number of alkyl halides is 3. The molecule has 0 spiro atoms. The summed E-state index contributed by atoms with van der Waals surface area (Å²) in [5.74, 6) is -0.458. The van der Waals surface area contributed by atoms with E-state index in [0.29, 0.717) is 22.8 Å². The Bertz CT molecular complexity index is 1600. The average molecular weight is 590 g/mol. The Labute approximate surface area is 234 Å². The highest BCUT2D eigenvalue weighted by Crippen LogP contribution is 2.35. The zero-order valence-electron chi connectivity index (χ0n) is 20.0. The van der Waals surface area contributed by atoms with E-state index in [2.05, 4.69) is 25.5 Å². The van der Waals surface area contributed by atoms with Crippen LogP contribution in [-0.4, -0.2) is 39.5 Å². The first-order valence-corrected chi connectivity index (χ1v) is 12.1. The second kappa shape index (κ2) is 10.9. The van der Waals surface area contributed by atoms with Crippen LogP contribution in [0.3, 0.4) is 0 Å². The highest BCUT2D eigenvalue weighted by Gasteiger charge is 2.31. The molecule has 0 saturated heterocycles. The van der Waals surface area contributed by atoms with Crippen molar-refractivity contribution in [2.24, 2.45) is 0 Å². The van der Waals surface area contributed by atoms with Gasteiger partial charge in [0.15, 0.2) is 12.4 Å². The first-order chi connectivity index (χ1) is 19.1. The van der Waals surface area contributed by atoms with Crippen LogP contribution in [0.1, 0.15) is 5.56 Å². The summed E-state index contributed by atoms with van der Waals surface area (Å²) < 4.78 is 47.7. The summed E-state index contributed by atoms with van der Waals surface area (Å²) in [6, 6.07) is 15.8. The summed E-state index contributed by atoms with van der Waals surface area (Å²) in [7, 11) is 0. The smallest absolute Gasteiger partial charge is 0.470 e. The van der Waals surface area contributed by atoms with Crippen LogP contribution in [-0.2, 0) is 9.53 Å². The Morgan fingerprint density at radius 1 is 0.975 bits per heavy atom. The van der Waals surface area contributed by atoms with E-state index in [0.717, 1.165) is 0 Å². The second-order valence-corrected chi connectivity index (χ2v) is 9.04. The number of nitrogens with zero attached hydrogens (tertiary/aromatic N) is 3. The first kappa shape index (κ1) is 27.0. The molecule has 0 bridgehead atoms. The number of rotatable bonds is 6. The Hall–Kier alpha value is -4.55. The van der Waals surface area contributed by atoms with Gasteiger partial charge in [0.25, 0.3) is 0 Å². The van der Waals surface area contributed by atoms with Crippen LogP contribution >= 0.6 is 23.2 Å². The fourth-order valence-corrected chi connectivity index (χ4v) is 4.37. The van der Waals surface area contributed by atoms with Crippen LogP contribution in [0.15, 0.2) is 78.9 Å². The molecule has 40 heavy (non-hydrogen) atoms. The van der Waals surface area contributed by atoms with E-state index in [4.69, 9.17) is 27.9 Å². The number of benzene rings is 3. The Kier molecular flexibility index (Phi) is 7.37. The lowest BCUT2D eigenvalue weighted by atomic mass is 10.0. The lowest BCUT2D eigenvalue weighted by molar-refractivity contribution is -0.274. The average Bonchev–Trinajstić information content (AvgIpc) is 3.52. The van der Waals surface area contributed by atoms with Gasteiger partial charge in [-0.1, -0.05) is 29.3 Å². The number of Topliss-reactive ketones (excluding diaryl/α,β-unsaturated/α-hetero) is 1. The normalized spacial score (nSPS) is 13.3. The minimum absolute atomic E-state index is 0.0677. The topological polar surface area (TPSA) is 107 Å². The maximum atomic E-state index is 12.6. The molecule has 9 nitrogen and oxygen atoms in total. The molecule has 0 atom stereocenters. The number of urea groups is 1. The number of aromatic nitrogens is 3. The van der Waals surface area contributed by atoms with Gasteiger partial charge in [-0.15, -0.1) is 18.3 Å². The zero-order chi connectivity index (χ0) is 28.4. The van der Waals surface area contributed by atoms with Crippen molar-refractivity contribution in [1.29, 1.82) is 0 Å². The predicted octanol–water partition coefficient (Wildman–Crippen LogP) is 6.23. The van der Waals surface area contributed by atoms with Crippen molar-refractivity contribution in [3.05, 3.63) is 94.5 Å². The predicted molar refractivity (Wildman–Crippen MR) is 140 cm³/mol. The number of halogens is 5. The molecule has 14 heteroatoms. The van der Waals surface area contributed by atoms with Crippen molar-refractivity contribution >= 4 is 46.3 Å². The highest BCUT2D eigenvalue weighted by atomic mass is 35.5. The molecule has 0 radical (unpaired) electrons. The molecule has 0 fully saturated rings. The van der Waals surface area contributed by atoms with E-state index in [1.165, 1.54) is 35.3 Å². The van der Waals surface area contributed by atoms with E-state index in [1.807, 2.05) is 0 Å². The number of carbonyl (C=O) groups excluding carboxylic acids is 2. The van der Waals surface area contributed by atoms with E-state index in [-0.39, 0.29) is 45.2 Å². The van der Waals surface area contributed by atoms with Crippen LogP contribution in [0.5, 0.6) is 5.75 Å². The lowest BCUT2D eigenvalue weighted by Gasteiger charge is -2.11. The molecule has 2 heterocycles. The second-order valence-electron chi connectivity index (χ2n) is 8.22. The van der Waals surface area contributed by atoms with Crippen molar-refractivity contribution in [2.75, 3.05) is 11.9 Å². The first-order valence-electron chi connectivity index (χ1n) is 11.4. The quantitative estimate of drug-likeness (QED) is 0.276. The van der Waals surface area contributed by atoms with Gasteiger partial charge in [0.1, 0.15) is 12.1 Å². The largest absolute Gasteiger partial charge is 0.573 e. The molecule has 1 aromatic heterocycles. The Balaban J connectivity index is 1.25. The number of carbonyl (C=O) groups is 2. The minimum atomic E-state index is -4.78. The maximum Gasteiger partial charge on any atom is 0.573 e. The van der Waals surface area contributed by atoms with Crippen LogP contribution in [0.4, 0.5) is 23.7 Å². The Morgan fingerprint density at radius 3 is 2.30 bits per heavy atom. The fourth-order valence-electron chi connectivity index (χ4n) is 3.79. The zero-order valence-corrected chi connectivity index (χ0v) is 21.5. The van der Waals surface area contributed by atoms with Crippen molar-refractivity contribution in [1.82, 2.24) is 20.1 Å². The number of hydrogen-bond acceptors (Lipinski definition) is 6. The maximum absolute atomic E-state index is 12.6. The van der Waals surface area contributed by atoms with E-state index in [1.54, 1.807) is 42.5 Å². The molecule has 2 N–H and O–H groups in total. The summed E-state index contributed by atoms with van der Waals surface area (Å²) in [5, 5.41) is 9.96. The molecule has 2 amide bonds. The third kappa shape index (κ3) is 6.03. The molecule has 0 aliphatic carbocycles. The summed E-state index contributed by atoms with van der Waals surface area (Å²) in [6.07, 6.45) is -3.37. The standard InChI is InChI=1S/C26H16Cl2F3N5O4/c27-18-2-1-3-19(28)21(18)22-20(37)12-39-24(22)34-25(38)33-15-6-4-14(5-7-15)23-32-13-36(35-23)16-8-10-17(11-9-16)40-26(29,30)31/h1-11,13H,12H2,(H2,33,34,38). The third-order valence-corrected chi connectivity index (χ3v) is 6.15. The van der Waals surface area contributed by atoms with E-state index < -0.39 is 12.4 Å². The number of amides is 2. The number of hydrogen-bond donors (Lipinski definition) is 2. The lowest BCUT2D eigenvalue weighted by Crippen LogP contribution is -2.28. The summed E-state index contributed by atoms with van der Waals surface area (Å²) >= 11 is 12.5. The minimum Gasteiger partial charge on any atom is -0.470 e. The molecule has 5 rings (SSSR count). The number of nitrogens with one attached hydrogen (secondary N) is 2. The van der Waals surface area contributed by atoms with Gasteiger partial charge in [0.2, 0.25) is 11.7 Å². The molecule has 3 aromatic carbocycles. The van der Waals surface area contributed by atoms with Crippen molar-refractivity contribution in [3.63, 3.8) is 0 Å². The van der Waals surface area contributed by atoms with Gasteiger partial charge >= 0.3 is 12.4 Å². The van der Waals surface area contributed by atoms with Gasteiger partial charge in [0, 0.05) is 16.8 Å². The van der Waals surface area contributed by atoms with Crippen LogP contribution < -0.4 is 15.4 Å². The van der Waals surface area contributed by atoms with Crippen LogP contribution in [0.25, 0.3) is 22.6 Å². The summed E-state index contributed by atoms with van der Waals surface area (Å²) in [6.45, 7) is -0.272.